The fourth-order valence-electron chi connectivity index (χ4n) is 9.70. The van der Waals surface area contributed by atoms with Gasteiger partial charge in [-0.1, -0.05) is 306 Å². The van der Waals surface area contributed by atoms with Crippen LogP contribution in [0.3, 0.4) is 0 Å². The minimum Gasteiger partial charge on any atom is -0.462 e. The zero-order chi connectivity index (χ0) is 55.7. The van der Waals surface area contributed by atoms with Crippen molar-refractivity contribution in [2.24, 2.45) is 0 Å². The number of carbonyl (C=O) groups is 3. The molecule has 0 N–H and O–H groups in total. The van der Waals surface area contributed by atoms with Crippen LogP contribution >= 0.6 is 0 Å². The number of hydrogen-bond acceptors (Lipinski definition) is 6. The average Bonchev–Trinajstić information content (AvgIpc) is 3.43. The van der Waals surface area contributed by atoms with Gasteiger partial charge >= 0.3 is 17.9 Å². The Bertz CT molecular complexity index is 1420. The summed E-state index contributed by atoms with van der Waals surface area (Å²) < 4.78 is 16.8. The van der Waals surface area contributed by atoms with Crippen LogP contribution in [0.4, 0.5) is 0 Å². The summed E-state index contributed by atoms with van der Waals surface area (Å²) in [5.41, 5.74) is 0. The van der Waals surface area contributed by atoms with E-state index in [1.54, 1.807) is 0 Å². The normalized spacial score (nSPS) is 12.5. The first-order valence-electron chi connectivity index (χ1n) is 33.4. The fraction of sp³-hybridized carbons (Fsp3) is 0.789. The van der Waals surface area contributed by atoms with Gasteiger partial charge < -0.3 is 14.2 Å². The minimum absolute atomic E-state index is 0.0719. The van der Waals surface area contributed by atoms with Crippen molar-refractivity contribution >= 4 is 17.9 Å². The van der Waals surface area contributed by atoms with Crippen molar-refractivity contribution in [3.63, 3.8) is 0 Å². The first-order valence-corrected chi connectivity index (χ1v) is 33.4. The van der Waals surface area contributed by atoms with Gasteiger partial charge in [-0.05, 0) is 89.9 Å². The van der Waals surface area contributed by atoms with E-state index in [1.807, 2.05) is 0 Å². The largest absolute Gasteiger partial charge is 0.462 e. The second-order valence-electron chi connectivity index (χ2n) is 22.4. The van der Waals surface area contributed by atoms with E-state index in [4.69, 9.17) is 14.2 Å². The van der Waals surface area contributed by atoms with Crippen molar-refractivity contribution in [1.82, 2.24) is 0 Å². The van der Waals surface area contributed by atoms with Crippen LogP contribution in [0.25, 0.3) is 0 Å². The van der Waals surface area contributed by atoms with Crippen LogP contribution in [0.5, 0.6) is 0 Å². The summed E-state index contributed by atoms with van der Waals surface area (Å²) in [6, 6.07) is 0. The van der Waals surface area contributed by atoms with E-state index in [9.17, 15) is 14.4 Å². The van der Waals surface area contributed by atoms with Crippen LogP contribution in [0.1, 0.15) is 342 Å². The van der Waals surface area contributed by atoms with Gasteiger partial charge in [0.2, 0.25) is 0 Å². The molecule has 0 saturated heterocycles. The summed E-state index contributed by atoms with van der Waals surface area (Å²) in [5, 5.41) is 0. The lowest BCUT2D eigenvalue weighted by Gasteiger charge is -2.18. The number of carbonyl (C=O) groups excluding carboxylic acids is 3. The molecule has 0 aromatic rings. The Kier molecular flexibility index (Phi) is 62.7. The lowest BCUT2D eigenvalue weighted by atomic mass is 10.0. The third-order valence-electron chi connectivity index (χ3n) is 14.7. The number of ether oxygens (including phenoxy) is 3. The molecule has 0 bridgehead atoms. The van der Waals surface area contributed by atoms with Crippen LogP contribution in [0, 0.1) is 0 Å². The van der Waals surface area contributed by atoms with Crippen LogP contribution in [-0.2, 0) is 28.6 Å². The van der Waals surface area contributed by atoms with Gasteiger partial charge in [0.25, 0.3) is 0 Å². The second kappa shape index (κ2) is 65.4. The molecule has 0 fully saturated rings. The van der Waals surface area contributed by atoms with Crippen molar-refractivity contribution in [1.29, 1.82) is 0 Å². The van der Waals surface area contributed by atoms with Crippen molar-refractivity contribution in [3.05, 3.63) is 72.9 Å². The van der Waals surface area contributed by atoms with Crippen LogP contribution in [-0.4, -0.2) is 37.2 Å². The van der Waals surface area contributed by atoms with Gasteiger partial charge in [-0.15, -0.1) is 0 Å². The Hall–Kier alpha value is -3.15. The Morgan fingerprint density at radius 2 is 0.506 bits per heavy atom. The Morgan fingerprint density at radius 3 is 0.805 bits per heavy atom. The van der Waals surface area contributed by atoms with Crippen LogP contribution in [0.2, 0.25) is 0 Å². The maximum Gasteiger partial charge on any atom is 0.306 e. The highest BCUT2D eigenvalue weighted by molar-refractivity contribution is 5.71. The minimum atomic E-state index is -0.771. The standard InChI is InChI=1S/C71H126O6/c1-4-7-10-13-16-18-20-22-24-26-28-29-30-31-32-33-34-35-36-37-38-39-40-41-42-43-44-46-47-49-51-53-55-58-61-64-70(73)76-67-68(66-75-69(72)63-60-57-15-12-9-6-3)77-71(74)65-62-59-56-54-52-50-48-45-27-25-23-21-19-17-14-11-8-5-2/h7,10,16,18,22,24-25,27-29,31-32,68H,4-6,8-9,11-15,17,19-21,23,26,30,33-67H2,1-3H3/b10-7-,18-16-,24-22-,27-25-,29-28-,32-31-. The maximum atomic E-state index is 12.8. The summed E-state index contributed by atoms with van der Waals surface area (Å²) in [4.78, 5) is 38.0. The number of allylic oxidation sites excluding steroid dienone is 12. The molecule has 6 heteroatoms. The predicted molar refractivity (Wildman–Crippen MR) is 335 cm³/mol. The maximum absolute atomic E-state index is 12.8. The summed E-state index contributed by atoms with van der Waals surface area (Å²) >= 11 is 0. The summed E-state index contributed by atoms with van der Waals surface area (Å²) in [6.45, 7) is 6.50. The molecular weight excluding hydrogens is 949 g/mol. The molecule has 0 spiro atoms. The topological polar surface area (TPSA) is 78.9 Å². The monoisotopic (exact) mass is 1070 g/mol. The SMILES string of the molecule is CC/C=C\C/C=C\C/C=C\C/C=C\C/C=C\CCCCCCCCCCCCCCCCCCCCCC(=O)OCC(COC(=O)CCCCCCCC)OC(=O)CCCCCCCCC/C=C\CCCCCCCCC. The van der Waals surface area contributed by atoms with E-state index in [0.29, 0.717) is 19.3 Å². The zero-order valence-electron chi connectivity index (χ0n) is 51.2. The lowest BCUT2D eigenvalue weighted by molar-refractivity contribution is -0.167. The molecule has 0 aromatic heterocycles. The van der Waals surface area contributed by atoms with Crippen molar-refractivity contribution in [2.75, 3.05) is 13.2 Å². The molecule has 0 rings (SSSR count). The molecule has 0 aliphatic heterocycles. The van der Waals surface area contributed by atoms with Gasteiger partial charge in [0.1, 0.15) is 13.2 Å². The molecule has 0 aliphatic rings. The van der Waals surface area contributed by atoms with Gasteiger partial charge in [0, 0.05) is 19.3 Å². The van der Waals surface area contributed by atoms with E-state index in [-0.39, 0.29) is 31.1 Å². The van der Waals surface area contributed by atoms with E-state index < -0.39 is 6.10 Å². The van der Waals surface area contributed by atoms with Gasteiger partial charge in [-0.25, -0.2) is 0 Å². The fourth-order valence-corrected chi connectivity index (χ4v) is 9.70. The predicted octanol–water partition coefficient (Wildman–Crippen LogP) is 22.9. The van der Waals surface area contributed by atoms with E-state index in [0.717, 1.165) is 89.9 Å². The van der Waals surface area contributed by atoms with E-state index in [1.165, 1.54) is 212 Å². The molecule has 0 saturated carbocycles. The number of esters is 3. The molecule has 0 amide bonds. The molecule has 0 radical (unpaired) electrons. The highest BCUT2D eigenvalue weighted by Gasteiger charge is 2.19. The van der Waals surface area contributed by atoms with Gasteiger partial charge in [-0.3, -0.25) is 14.4 Å². The van der Waals surface area contributed by atoms with Crippen LogP contribution in [0.15, 0.2) is 72.9 Å². The molecule has 0 aliphatic carbocycles. The number of hydrogen-bond donors (Lipinski definition) is 0. The lowest BCUT2D eigenvalue weighted by Crippen LogP contribution is -2.30. The molecular formula is C71H126O6. The summed E-state index contributed by atoms with van der Waals surface area (Å²) in [7, 11) is 0. The van der Waals surface area contributed by atoms with Gasteiger partial charge in [0.15, 0.2) is 6.10 Å². The van der Waals surface area contributed by atoms with Crippen molar-refractivity contribution < 1.29 is 28.6 Å². The smallest absolute Gasteiger partial charge is 0.306 e. The number of rotatable bonds is 61. The van der Waals surface area contributed by atoms with E-state index >= 15 is 0 Å². The highest BCUT2D eigenvalue weighted by Crippen LogP contribution is 2.17. The second-order valence-corrected chi connectivity index (χ2v) is 22.4. The van der Waals surface area contributed by atoms with Crippen molar-refractivity contribution in [3.8, 4) is 0 Å². The third kappa shape index (κ3) is 63.6. The van der Waals surface area contributed by atoms with Gasteiger partial charge in [0.05, 0.1) is 0 Å². The molecule has 446 valence electrons. The molecule has 1 unspecified atom stereocenters. The Balaban J connectivity index is 3.95. The highest BCUT2D eigenvalue weighted by atomic mass is 16.6. The van der Waals surface area contributed by atoms with Crippen molar-refractivity contribution in [2.45, 2.75) is 348 Å². The number of unbranched alkanes of at least 4 members (excludes halogenated alkanes) is 38. The average molecular weight is 1080 g/mol. The quantitative estimate of drug-likeness (QED) is 0.0261. The first-order chi connectivity index (χ1) is 38.0. The van der Waals surface area contributed by atoms with E-state index in [2.05, 4.69) is 93.7 Å². The summed E-state index contributed by atoms with van der Waals surface area (Å²) in [5.74, 6) is -0.869. The Labute approximate surface area is 478 Å². The summed E-state index contributed by atoms with van der Waals surface area (Å²) in [6.07, 6.45) is 85.4. The zero-order valence-corrected chi connectivity index (χ0v) is 51.2. The van der Waals surface area contributed by atoms with Gasteiger partial charge in [-0.2, -0.15) is 0 Å². The molecule has 0 aromatic carbocycles. The van der Waals surface area contributed by atoms with Crippen LogP contribution < -0.4 is 0 Å². The molecule has 77 heavy (non-hydrogen) atoms. The first kappa shape index (κ1) is 73.8. The molecule has 6 nitrogen and oxygen atoms in total. The molecule has 1 atom stereocenters. The molecule has 0 heterocycles. The third-order valence-corrected chi connectivity index (χ3v) is 14.7. The Morgan fingerprint density at radius 1 is 0.273 bits per heavy atom.